The monoisotopic (exact) mass is 361 g/mol. The van der Waals surface area contributed by atoms with E-state index in [9.17, 15) is 18.8 Å². The lowest BCUT2D eigenvalue weighted by molar-refractivity contribution is -0.117. The van der Waals surface area contributed by atoms with Crippen molar-refractivity contribution in [3.63, 3.8) is 0 Å². The van der Waals surface area contributed by atoms with E-state index in [0.717, 1.165) is 30.0 Å². The molecular formula is C17H20FN5O3. The van der Waals surface area contributed by atoms with E-state index in [1.165, 1.54) is 19.1 Å². The number of carbonyl (C=O) groups excluding carboxylic acids is 2. The summed E-state index contributed by atoms with van der Waals surface area (Å²) >= 11 is 0. The second-order valence-corrected chi connectivity index (χ2v) is 6.24. The molecule has 2 heterocycles. The molecule has 3 rings (SSSR count). The third-order valence-electron chi connectivity index (χ3n) is 4.14. The first-order valence-electron chi connectivity index (χ1n) is 8.47. The Kier molecular flexibility index (Phi) is 5.15. The van der Waals surface area contributed by atoms with Crippen LogP contribution in [-0.2, 0) is 29.1 Å². The Morgan fingerprint density at radius 1 is 1.23 bits per heavy atom. The molecule has 2 N–H and O–H groups in total. The maximum atomic E-state index is 13.9. The fourth-order valence-corrected chi connectivity index (χ4v) is 2.96. The highest BCUT2D eigenvalue weighted by atomic mass is 19.1. The Balaban J connectivity index is 1.74. The quantitative estimate of drug-likeness (QED) is 0.862. The number of benzene rings is 1. The fraction of sp³-hybridized carbons (Fsp3) is 0.412. The molecule has 138 valence electrons. The van der Waals surface area contributed by atoms with Gasteiger partial charge < -0.3 is 10.6 Å². The van der Waals surface area contributed by atoms with Crippen LogP contribution in [0.3, 0.4) is 0 Å². The zero-order valence-electron chi connectivity index (χ0n) is 14.4. The smallest absolute Gasteiger partial charge is 0.326 e. The highest BCUT2D eigenvalue weighted by Crippen LogP contribution is 2.19. The first kappa shape index (κ1) is 17.8. The molecule has 0 bridgehead atoms. The van der Waals surface area contributed by atoms with Crippen molar-refractivity contribution < 1.29 is 14.0 Å². The minimum absolute atomic E-state index is 0.0740. The molecule has 0 atom stereocenters. The molecule has 0 unspecified atom stereocenters. The number of nitrogens with one attached hydrogen (secondary N) is 2. The van der Waals surface area contributed by atoms with E-state index in [1.54, 1.807) is 4.57 Å². The second-order valence-electron chi connectivity index (χ2n) is 6.24. The van der Waals surface area contributed by atoms with Crippen LogP contribution in [0, 0.1) is 5.82 Å². The van der Waals surface area contributed by atoms with Gasteiger partial charge in [0.2, 0.25) is 11.8 Å². The predicted molar refractivity (Wildman–Crippen MR) is 93.4 cm³/mol. The van der Waals surface area contributed by atoms with Gasteiger partial charge in [-0.3, -0.25) is 14.2 Å². The van der Waals surface area contributed by atoms with E-state index in [-0.39, 0.29) is 23.8 Å². The summed E-state index contributed by atoms with van der Waals surface area (Å²) in [6.07, 6.45) is 3.63. The van der Waals surface area contributed by atoms with E-state index in [0.29, 0.717) is 24.5 Å². The summed E-state index contributed by atoms with van der Waals surface area (Å²) in [5.74, 6) is -0.835. The topological polar surface area (TPSA) is 98.0 Å². The number of aryl methyl sites for hydroxylation is 1. The van der Waals surface area contributed by atoms with Crippen molar-refractivity contribution >= 4 is 23.2 Å². The van der Waals surface area contributed by atoms with Gasteiger partial charge >= 0.3 is 5.69 Å². The van der Waals surface area contributed by atoms with Crippen LogP contribution in [0.4, 0.5) is 15.8 Å². The Labute approximate surface area is 149 Å². The van der Waals surface area contributed by atoms with Crippen molar-refractivity contribution in [2.24, 2.45) is 0 Å². The number of anilines is 2. The Hall–Kier alpha value is -2.97. The predicted octanol–water partition coefficient (Wildman–Crippen LogP) is 1.51. The second kappa shape index (κ2) is 7.51. The molecule has 1 aliphatic heterocycles. The Morgan fingerprint density at radius 2 is 2.04 bits per heavy atom. The molecular weight excluding hydrogens is 341 g/mol. The third kappa shape index (κ3) is 3.98. The van der Waals surface area contributed by atoms with Crippen LogP contribution in [0.2, 0.25) is 0 Å². The van der Waals surface area contributed by atoms with Gasteiger partial charge in [0.1, 0.15) is 18.2 Å². The van der Waals surface area contributed by atoms with Crippen LogP contribution in [0.1, 0.15) is 32.0 Å². The van der Waals surface area contributed by atoms with Crippen LogP contribution in [0.25, 0.3) is 0 Å². The lowest BCUT2D eigenvalue weighted by atomic mass is 10.2. The third-order valence-corrected chi connectivity index (χ3v) is 4.14. The number of rotatable bonds is 4. The number of hydrogen-bond donors (Lipinski definition) is 2. The van der Waals surface area contributed by atoms with Gasteiger partial charge in [-0.15, -0.1) is 0 Å². The normalized spacial score (nSPS) is 13.6. The highest BCUT2D eigenvalue weighted by molar-refractivity contribution is 5.93. The van der Waals surface area contributed by atoms with Gasteiger partial charge in [-0.25, -0.2) is 13.9 Å². The molecule has 0 fully saturated rings. The van der Waals surface area contributed by atoms with Gasteiger partial charge in [-0.2, -0.15) is 5.10 Å². The molecule has 0 aliphatic carbocycles. The number of nitrogens with zero attached hydrogens (tertiary/aromatic N) is 3. The van der Waals surface area contributed by atoms with Gasteiger partial charge in [0.05, 0.1) is 5.69 Å². The minimum atomic E-state index is -0.638. The maximum Gasteiger partial charge on any atom is 0.346 e. The molecule has 0 radical (unpaired) electrons. The summed E-state index contributed by atoms with van der Waals surface area (Å²) in [7, 11) is 0. The zero-order chi connectivity index (χ0) is 18.7. The number of amides is 2. The van der Waals surface area contributed by atoms with E-state index < -0.39 is 11.7 Å². The molecule has 26 heavy (non-hydrogen) atoms. The van der Waals surface area contributed by atoms with Crippen molar-refractivity contribution in [3.05, 3.63) is 40.3 Å². The van der Waals surface area contributed by atoms with Gasteiger partial charge in [0, 0.05) is 25.6 Å². The minimum Gasteiger partial charge on any atom is -0.326 e. The van der Waals surface area contributed by atoms with Gasteiger partial charge in [-0.05, 0) is 31.0 Å². The molecule has 1 aromatic heterocycles. The van der Waals surface area contributed by atoms with Gasteiger partial charge in [-0.1, -0.05) is 6.42 Å². The summed E-state index contributed by atoms with van der Waals surface area (Å²) in [6, 6.07) is 3.86. The summed E-state index contributed by atoms with van der Waals surface area (Å²) < 4.78 is 16.6. The number of fused-ring (bicyclic) bond motifs is 1. The Morgan fingerprint density at radius 3 is 2.81 bits per heavy atom. The van der Waals surface area contributed by atoms with Crippen LogP contribution < -0.4 is 16.3 Å². The molecule has 0 saturated carbocycles. The Bertz CT molecular complexity index is 902. The summed E-state index contributed by atoms with van der Waals surface area (Å²) in [5.41, 5.74) is -0.0420. The average Bonchev–Trinajstić information content (AvgIpc) is 2.75. The van der Waals surface area contributed by atoms with E-state index in [4.69, 9.17) is 0 Å². The first-order chi connectivity index (χ1) is 12.4. The molecule has 2 aromatic rings. The van der Waals surface area contributed by atoms with Crippen molar-refractivity contribution in [3.8, 4) is 0 Å². The molecule has 8 nitrogen and oxygen atoms in total. The molecule has 0 spiro atoms. The average molecular weight is 361 g/mol. The van der Waals surface area contributed by atoms with Crippen molar-refractivity contribution in [2.75, 3.05) is 10.6 Å². The summed E-state index contributed by atoms with van der Waals surface area (Å²) in [5, 5.41) is 9.16. The fourth-order valence-electron chi connectivity index (χ4n) is 2.96. The number of aromatic nitrogens is 3. The summed E-state index contributed by atoms with van der Waals surface area (Å²) in [4.78, 5) is 35.7. The lowest BCUT2D eigenvalue weighted by Crippen LogP contribution is -2.30. The van der Waals surface area contributed by atoms with E-state index >= 15 is 0 Å². The van der Waals surface area contributed by atoms with Crippen LogP contribution in [-0.4, -0.2) is 26.2 Å². The van der Waals surface area contributed by atoms with Crippen molar-refractivity contribution in [2.45, 2.75) is 45.7 Å². The van der Waals surface area contributed by atoms with Gasteiger partial charge in [0.15, 0.2) is 0 Å². The molecule has 2 amide bonds. The van der Waals surface area contributed by atoms with Crippen LogP contribution >= 0.6 is 0 Å². The maximum absolute atomic E-state index is 13.9. The molecule has 9 heteroatoms. The number of carbonyl (C=O) groups is 2. The van der Waals surface area contributed by atoms with Crippen LogP contribution in [0.15, 0.2) is 23.0 Å². The highest BCUT2D eigenvalue weighted by Gasteiger charge is 2.18. The largest absolute Gasteiger partial charge is 0.346 e. The first-order valence-corrected chi connectivity index (χ1v) is 8.47. The molecule has 1 aromatic carbocycles. The molecule has 1 aliphatic rings. The zero-order valence-corrected chi connectivity index (χ0v) is 14.4. The van der Waals surface area contributed by atoms with Crippen molar-refractivity contribution in [1.29, 1.82) is 0 Å². The molecule has 0 saturated heterocycles. The number of hydrogen-bond acceptors (Lipinski definition) is 4. The number of halogens is 1. The summed E-state index contributed by atoms with van der Waals surface area (Å²) in [6.45, 7) is 1.63. The van der Waals surface area contributed by atoms with E-state index in [2.05, 4.69) is 15.7 Å². The van der Waals surface area contributed by atoms with Gasteiger partial charge in [0.25, 0.3) is 0 Å². The lowest BCUT2D eigenvalue weighted by Gasteiger charge is -2.09. The standard InChI is InChI=1S/C17H20FN5O3/c1-11(24)19-12-6-7-13(18)14(9-12)20-16(25)10-23-17(26)22-8-4-2-3-5-15(22)21-23/h6-7,9H,2-5,8,10H2,1H3,(H,19,24)(H,20,25). The van der Waals surface area contributed by atoms with Crippen LogP contribution in [0.5, 0.6) is 0 Å². The van der Waals surface area contributed by atoms with Crippen molar-refractivity contribution in [1.82, 2.24) is 14.3 Å². The SMILES string of the molecule is CC(=O)Nc1ccc(F)c(NC(=O)Cn2nc3n(c2=O)CCCCC3)c1. The van der Waals surface area contributed by atoms with E-state index in [1.807, 2.05) is 0 Å².